The Bertz CT molecular complexity index is 403. The van der Waals surface area contributed by atoms with Gasteiger partial charge in [0.05, 0.1) is 0 Å². The average Bonchev–Trinajstić information content (AvgIpc) is 2.40. The van der Waals surface area contributed by atoms with Gasteiger partial charge in [-0.15, -0.1) is 0 Å². The van der Waals surface area contributed by atoms with Crippen LogP contribution in [0.4, 0.5) is 0 Å². The number of phenolic OH excluding ortho intramolecular Hbond substituents is 1. The van der Waals surface area contributed by atoms with E-state index in [4.69, 9.17) is 0 Å². The van der Waals surface area contributed by atoms with Crippen molar-refractivity contribution in [2.75, 3.05) is 19.6 Å². The van der Waals surface area contributed by atoms with Crippen molar-refractivity contribution in [3.8, 4) is 5.75 Å². The Balaban J connectivity index is 2.41. The van der Waals surface area contributed by atoms with E-state index in [0.29, 0.717) is 13.0 Å². The Morgan fingerprint density at radius 3 is 2.53 bits per heavy atom. The summed E-state index contributed by atoms with van der Waals surface area (Å²) in [6.45, 7) is 8.08. The Hall–Kier alpha value is -1.55. The summed E-state index contributed by atoms with van der Waals surface area (Å²) in [5.41, 5.74) is 0.859. The molecule has 0 saturated carbocycles. The first-order valence-electron chi connectivity index (χ1n) is 6.89. The van der Waals surface area contributed by atoms with Crippen LogP contribution < -0.4 is 5.32 Å². The Morgan fingerprint density at radius 1 is 1.32 bits per heavy atom. The highest BCUT2D eigenvalue weighted by Gasteiger charge is 2.12. The first kappa shape index (κ1) is 15.5. The van der Waals surface area contributed by atoms with Gasteiger partial charge < -0.3 is 15.3 Å². The first-order chi connectivity index (χ1) is 9.10. The quantitative estimate of drug-likeness (QED) is 0.794. The zero-order chi connectivity index (χ0) is 14.3. The van der Waals surface area contributed by atoms with Crippen LogP contribution in [0.1, 0.15) is 38.8 Å². The van der Waals surface area contributed by atoms with Crippen molar-refractivity contribution in [3.63, 3.8) is 0 Å². The molecule has 1 atom stereocenters. The van der Waals surface area contributed by atoms with Gasteiger partial charge in [-0.25, -0.2) is 0 Å². The largest absolute Gasteiger partial charge is 0.508 e. The molecule has 0 aliphatic heterocycles. The van der Waals surface area contributed by atoms with E-state index in [1.165, 1.54) is 0 Å². The number of nitrogens with zero attached hydrogens (tertiary/aromatic N) is 1. The third-order valence-corrected chi connectivity index (χ3v) is 3.31. The third kappa shape index (κ3) is 4.56. The molecule has 4 nitrogen and oxygen atoms in total. The number of carbonyl (C=O) groups is 1. The predicted octanol–water partition coefficient (Wildman–Crippen LogP) is 2.30. The second-order valence-electron chi connectivity index (χ2n) is 4.55. The molecule has 19 heavy (non-hydrogen) atoms. The molecule has 1 unspecified atom stereocenters. The number of nitrogens with one attached hydrogen (secondary N) is 1. The average molecular weight is 264 g/mol. The Kier molecular flexibility index (Phi) is 6.36. The molecule has 1 aromatic rings. The number of para-hydroxylation sites is 1. The summed E-state index contributed by atoms with van der Waals surface area (Å²) in [4.78, 5) is 13.7. The predicted molar refractivity (Wildman–Crippen MR) is 77.1 cm³/mol. The van der Waals surface area contributed by atoms with Gasteiger partial charge in [-0.2, -0.15) is 0 Å². The minimum absolute atomic E-state index is 0.0331. The summed E-state index contributed by atoms with van der Waals surface area (Å²) in [7, 11) is 0. The van der Waals surface area contributed by atoms with Crippen molar-refractivity contribution in [1.29, 1.82) is 0 Å². The van der Waals surface area contributed by atoms with Gasteiger partial charge in [-0.1, -0.05) is 18.2 Å². The van der Waals surface area contributed by atoms with Gasteiger partial charge in [0.2, 0.25) is 5.91 Å². The van der Waals surface area contributed by atoms with E-state index in [1.54, 1.807) is 12.1 Å². The van der Waals surface area contributed by atoms with Crippen LogP contribution in [0, 0.1) is 0 Å². The van der Waals surface area contributed by atoms with E-state index in [-0.39, 0.29) is 17.7 Å². The number of benzene rings is 1. The first-order valence-corrected chi connectivity index (χ1v) is 6.89. The van der Waals surface area contributed by atoms with Gasteiger partial charge in [-0.3, -0.25) is 4.79 Å². The van der Waals surface area contributed by atoms with Crippen LogP contribution in [-0.4, -0.2) is 35.5 Å². The van der Waals surface area contributed by atoms with Gasteiger partial charge in [-0.05, 0) is 26.8 Å². The molecule has 4 heteroatoms. The van der Waals surface area contributed by atoms with Crippen LogP contribution in [0.2, 0.25) is 0 Å². The molecule has 0 bridgehead atoms. The fraction of sp³-hybridized carbons (Fsp3) is 0.533. The van der Waals surface area contributed by atoms with Gasteiger partial charge in [0.25, 0.3) is 0 Å². The van der Waals surface area contributed by atoms with Crippen molar-refractivity contribution in [2.45, 2.75) is 33.2 Å². The molecule has 2 N–H and O–H groups in total. The number of hydrogen-bond acceptors (Lipinski definition) is 3. The summed E-state index contributed by atoms with van der Waals surface area (Å²) >= 11 is 0. The summed E-state index contributed by atoms with van der Waals surface area (Å²) in [6.07, 6.45) is 0.486. The maximum Gasteiger partial charge on any atom is 0.223 e. The second-order valence-corrected chi connectivity index (χ2v) is 4.55. The maximum atomic E-state index is 11.8. The highest BCUT2D eigenvalue weighted by molar-refractivity contribution is 5.76. The van der Waals surface area contributed by atoms with E-state index < -0.39 is 0 Å². The zero-order valence-electron chi connectivity index (χ0n) is 12.0. The normalized spacial score (nSPS) is 12.2. The highest BCUT2D eigenvalue weighted by Crippen LogP contribution is 2.22. The molecule has 0 radical (unpaired) electrons. The molecule has 0 heterocycles. The van der Waals surface area contributed by atoms with E-state index in [9.17, 15) is 9.90 Å². The van der Waals surface area contributed by atoms with Crippen molar-refractivity contribution in [2.24, 2.45) is 0 Å². The molecular formula is C15H24N2O2. The standard InChI is InChI=1S/C15H24N2O2/c1-4-17(5-2)15(19)10-11-16-12(3)13-8-6-7-9-14(13)18/h6-9,12,16,18H,4-5,10-11H2,1-3H3. The molecule has 0 fully saturated rings. The van der Waals surface area contributed by atoms with Crippen molar-refractivity contribution in [1.82, 2.24) is 10.2 Å². The minimum Gasteiger partial charge on any atom is -0.508 e. The minimum atomic E-state index is 0.0331. The Morgan fingerprint density at radius 2 is 1.95 bits per heavy atom. The van der Waals surface area contributed by atoms with Crippen molar-refractivity contribution in [3.05, 3.63) is 29.8 Å². The van der Waals surface area contributed by atoms with Crippen molar-refractivity contribution >= 4 is 5.91 Å². The lowest BCUT2D eigenvalue weighted by molar-refractivity contribution is -0.130. The second kappa shape index (κ2) is 7.79. The molecule has 0 saturated heterocycles. The molecular weight excluding hydrogens is 240 g/mol. The number of hydrogen-bond donors (Lipinski definition) is 2. The SMILES string of the molecule is CCN(CC)C(=O)CCNC(C)c1ccccc1O. The van der Waals surface area contributed by atoms with Crippen LogP contribution in [-0.2, 0) is 4.79 Å². The number of aromatic hydroxyl groups is 1. The fourth-order valence-electron chi connectivity index (χ4n) is 2.09. The van der Waals surface area contributed by atoms with E-state index in [1.807, 2.05) is 37.8 Å². The van der Waals surface area contributed by atoms with E-state index in [0.717, 1.165) is 18.7 Å². The van der Waals surface area contributed by atoms with Crippen molar-refractivity contribution < 1.29 is 9.90 Å². The smallest absolute Gasteiger partial charge is 0.223 e. The number of amides is 1. The summed E-state index contributed by atoms with van der Waals surface area (Å²) < 4.78 is 0. The van der Waals surface area contributed by atoms with Gasteiger partial charge in [0.1, 0.15) is 5.75 Å². The van der Waals surface area contributed by atoms with Gasteiger partial charge in [0.15, 0.2) is 0 Å². The molecule has 0 aliphatic rings. The van der Waals surface area contributed by atoms with E-state index in [2.05, 4.69) is 5.32 Å². The molecule has 1 amide bonds. The van der Waals surface area contributed by atoms with Gasteiger partial charge in [0, 0.05) is 37.7 Å². The van der Waals surface area contributed by atoms with Crippen LogP contribution in [0.3, 0.4) is 0 Å². The van der Waals surface area contributed by atoms with Crippen LogP contribution in [0.15, 0.2) is 24.3 Å². The monoisotopic (exact) mass is 264 g/mol. The molecule has 106 valence electrons. The molecule has 0 aliphatic carbocycles. The topological polar surface area (TPSA) is 52.6 Å². The van der Waals surface area contributed by atoms with E-state index >= 15 is 0 Å². The lowest BCUT2D eigenvalue weighted by Gasteiger charge is -2.20. The van der Waals surface area contributed by atoms with Gasteiger partial charge >= 0.3 is 0 Å². The highest BCUT2D eigenvalue weighted by atomic mass is 16.3. The zero-order valence-corrected chi connectivity index (χ0v) is 12.0. The maximum absolute atomic E-state index is 11.8. The number of carbonyl (C=O) groups excluding carboxylic acids is 1. The third-order valence-electron chi connectivity index (χ3n) is 3.31. The fourth-order valence-corrected chi connectivity index (χ4v) is 2.09. The number of rotatable bonds is 7. The Labute approximate surface area is 115 Å². The lowest BCUT2D eigenvalue weighted by Crippen LogP contribution is -2.33. The van der Waals surface area contributed by atoms with Crippen LogP contribution in [0.5, 0.6) is 5.75 Å². The van der Waals surface area contributed by atoms with Crippen LogP contribution >= 0.6 is 0 Å². The summed E-state index contributed by atoms with van der Waals surface area (Å²) in [5.74, 6) is 0.458. The summed E-state index contributed by atoms with van der Waals surface area (Å²) in [5, 5.41) is 13.0. The molecule has 1 aromatic carbocycles. The molecule has 0 spiro atoms. The molecule has 0 aromatic heterocycles. The summed E-state index contributed by atoms with van der Waals surface area (Å²) in [6, 6.07) is 7.29. The molecule has 1 rings (SSSR count). The van der Waals surface area contributed by atoms with Crippen LogP contribution in [0.25, 0.3) is 0 Å². The number of phenols is 1. The lowest BCUT2D eigenvalue weighted by atomic mass is 10.1.